The van der Waals surface area contributed by atoms with Crippen molar-refractivity contribution in [1.82, 2.24) is 0 Å². The predicted molar refractivity (Wildman–Crippen MR) is 32.5 cm³/mol. The summed E-state index contributed by atoms with van der Waals surface area (Å²) in [6, 6.07) is -3.34. The van der Waals surface area contributed by atoms with E-state index < -0.39 is 37.6 Å². The zero-order valence-electron chi connectivity index (χ0n) is 14.0. The first-order valence-electron chi connectivity index (χ1n) is 7.01. The molecule has 1 aliphatic carbocycles. The Morgan fingerprint density at radius 2 is 2.50 bits per heavy atom. The molecule has 0 spiro atoms. The van der Waals surface area contributed by atoms with Crippen LogP contribution in [0, 0.1) is 0 Å². The minimum Gasteiger partial charge on any atom is -0.393 e. The van der Waals surface area contributed by atoms with E-state index in [9.17, 15) is 5.11 Å². The minimum atomic E-state index is -3.72. The van der Waals surface area contributed by atoms with Crippen molar-refractivity contribution in [1.29, 1.82) is 0 Å². The Kier molecular flexibility index (Phi) is 0.364. The van der Waals surface area contributed by atoms with E-state index in [1.54, 1.807) is 0 Å². The van der Waals surface area contributed by atoms with E-state index in [1.807, 2.05) is 0 Å². The van der Waals surface area contributed by atoms with Gasteiger partial charge in [-0.05, 0) is 25.5 Å². The molecule has 2 atom stereocenters. The maximum absolute atomic E-state index is 9.64. The van der Waals surface area contributed by atoms with E-state index in [4.69, 9.17) is 19.4 Å². The Labute approximate surface area is 63.7 Å². The van der Waals surface area contributed by atoms with E-state index in [0.29, 0.717) is 0 Å². The summed E-state index contributed by atoms with van der Waals surface area (Å²) >= 11 is 0. The average Bonchev–Trinajstić information content (AvgIpc) is 2.14. The molecule has 2 heteroatoms. The third kappa shape index (κ3) is 1.46. The molecule has 1 aliphatic rings. The number of hydrogen-bond donors (Lipinski definition) is 2. The molecule has 8 heavy (non-hydrogen) atoms. The molecule has 0 aromatic heterocycles. The van der Waals surface area contributed by atoms with Crippen LogP contribution in [0.1, 0.15) is 39.2 Å². The van der Waals surface area contributed by atoms with Crippen LogP contribution in [0.3, 0.4) is 0 Å². The van der Waals surface area contributed by atoms with Gasteiger partial charge in [0.25, 0.3) is 0 Å². The van der Waals surface area contributed by atoms with Crippen LogP contribution < -0.4 is 5.73 Å². The van der Waals surface area contributed by atoms with Crippen LogP contribution in [0.15, 0.2) is 0 Å². The smallest absolute Gasteiger partial charge is 0.0601 e. The third-order valence-electron chi connectivity index (χ3n) is 0.631. The number of nitrogens with two attached hydrogens (primary N) is 1. The first-order valence-corrected chi connectivity index (χ1v) is 2.01. The van der Waals surface area contributed by atoms with E-state index in [2.05, 4.69) is 0 Å². The zero-order chi connectivity index (χ0) is 15.0. The molecule has 2 nitrogen and oxygen atoms in total. The lowest BCUT2D eigenvalue weighted by molar-refractivity contribution is 0.120. The van der Waals surface area contributed by atoms with Crippen molar-refractivity contribution < 1.29 is 18.8 Å². The quantitative estimate of drug-likeness (QED) is 0.487. The maximum atomic E-state index is 9.64. The maximum Gasteiger partial charge on any atom is 0.0601 e. The van der Waals surface area contributed by atoms with Gasteiger partial charge >= 0.3 is 0 Å². The standard InChI is InChI=1S/C6H13NO/c7-5-2-1-3-6(8)4-5/h5-6,8H,1-4,7H2/i1D2,2D2,3D2,4D2,5D,6D. The zero-order valence-corrected chi connectivity index (χ0v) is 4.02. The van der Waals surface area contributed by atoms with Crippen molar-refractivity contribution in [2.45, 2.75) is 37.6 Å². The molecule has 0 aliphatic heterocycles. The van der Waals surface area contributed by atoms with Gasteiger partial charge in [0, 0.05) is 18.4 Å². The molecule has 0 bridgehead atoms. The summed E-state index contributed by atoms with van der Waals surface area (Å²) < 4.78 is 73.9. The highest BCUT2D eigenvalue weighted by Gasteiger charge is 2.15. The molecule has 0 amide bonds. The molecule has 1 saturated carbocycles. The molecule has 48 valence electrons. The van der Waals surface area contributed by atoms with Gasteiger partial charge in [-0.1, -0.05) is 0 Å². The summed E-state index contributed by atoms with van der Waals surface area (Å²) in [5, 5.41) is 9.64. The van der Waals surface area contributed by atoms with Gasteiger partial charge in [0.1, 0.15) is 0 Å². The van der Waals surface area contributed by atoms with Crippen LogP contribution in [-0.4, -0.2) is 17.2 Å². The molecule has 0 aromatic rings. The monoisotopic (exact) mass is 125 g/mol. The molecule has 1 rings (SSSR count). The van der Waals surface area contributed by atoms with Gasteiger partial charge in [-0.25, -0.2) is 0 Å². The topological polar surface area (TPSA) is 46.2 Å². The fourth-order valence-corrected chi connectivity index (χ4v) is 0.348. The summed E-state index contributed by atoms with van der Waals surface area (Å²) in [5.41, 5.74) is 5.14. The van der Waals surface area contributed by atoms with Gasteiger partial charge in [0.2, 0.25) is 0 Å². The lowest BCUT2D eigenvalue weighted by Gasteiger charge is -2.21. The highest BCUT2D eigenvalue weighted by Crippen LogP contribution is 2.15. The van der Waals surface area contributed by atoms with Gasteiger partial charge in [0.05, 0.1) is 7.45 Å². The lowest BCUT2D eigenvalue weighted by atomic mass is 9.94. The van der Waals surface area contributed by atoms with Gasteiger partial charge in [-0.2, -0.15) is 0 Å². The number of aliphatic hydroxyl groups is 1. The van der Waals surface area contributed by atoms with Gasteiger partial charge in [0.15, 0.2) is 0 Å². The molecule has 1 fully saturated rings. The summed E-state index contributed by atoms with van der Waals surface area (Å²) in [5.74, 6) is 0. The normalized spacial score (nSPS) is 102. The Morgan fingerprint density at radius 1 is 1.75 bits per heavy atom. The largest absolute Gasteiger partial charge is 0.393 e. The van der Waals surface area contributed by atoms with E-state index in [0.717, 1.165) is 0 Å². The van der Waals surface area contributed by atoms with Crippen molar-refractivity contribution in [3.63, 3.8) is 0 Å². The van der Waals surface area contributed by atoms with Crippen LogP contribution >= 0.6 is 0 Å². The van der Waals surface area contributed by atoms with Crippen molar-refractivity contribution in [3.8, 4) is 0 Å². The molecule has 0 saturated heterocycles. The van der Waals surface area contributed by atoms with Gasteiger partial charge < -0.3 is 10.8 Å². The first-order chi connectivity index (χ1) is 7.50. The molecule has 3 N–H and O–H groups in total. The SMILES string of the molecule is [2H]C1([2H])C([2H])([2H])C([2H])(N)C([2H])([2H])C([2H])(O)C1([2H])[2H]. The van der Waals surface area contributed by atoms with Crippen LogP contribution in [0.5, 0.6) is 0 Å². The van der Waals surface area contributed by atoms with Crippen LogP contribution in [0.25, 0.3) is 0 Å². The Morgan fingerprint density at radius 3 is 3.25 bits per heavy atom. The molecule has 0 heterocycles. The second-order valence-electron chi connectivity index (χ2n) is 1.26. The van der Waals surface area contributed by atoms with E-state index in [-0.39, 0.29) is 0 Å². The fraction of sp³-hybridized carbons (Fsp3) is 1.00. The molecule has 2 unspecified atom stereocenters. The van der Waals surface area contributed by atoms with E-state index >= 15 is 0 Å². The first kappa shape index (κ1) is 1.18. The van der Waals surface area contributed by atoms with Crippen molar-refractivity contribution in [3.05, 3.63) is 0 Å². The summed E-state index contributed by atoms with van der Waals surface area (Å²) in [6.45, 7) is 0. The second-order valence-corrected chi connectivity index (χ2v) is 1.26. The van der Waals surface area contributed by atoms with Gasteiger partial charge in [-0.3, -0.25) is 0 Å². The van der Waals surface area contributed by atoms with Crippen molar-refractivity contribution in [2.75, 3.05) is 0 Å². The summed E-state index contributed by atoms with van der Waals surface area (Å²) in [7, 11) is 0. The van der Waals surface area contributed by atoms with Crippen LogP contribution in [0.2, 0.25) is 0 Å². The highest BCUT2D eigenvalue weighted by molar-refractivity contribution is 4.73. The molecular weight excluding hydrogens is 102 g/mol. The van der Waals surface area contributed by atoms with E-state index in [1.165, 1.54) is 0 Å². The predicted octanol–water partition coefficient (Wildman–Crippen LogP) is 0.249. The Hall–Kier alpha value is -0.0800. The minimum absolute atomic E-state index is 3.34. The Bertz CT molecular complexity index is 258. The third-order valence-corrected chi connectivity index (χ3v) is 0.631. The summed E-state index contributed by atoms with van der Waals surface area (Å²) in [6.07, 6.45) is -17.8. The highest BCUT2D eigenvalue weighted by atomic mass is 16.3. The molecular formula is C6H13NO. The lowest BCUT2D eigenvalue weighted by Crippen LogP contribution is -2.30. The van der Waals surface area contributed by atoms with Crippen molar-refractivity contribution in [2.24, 2.45) is 5.73 Å². The Balaban J connectivity index is 3.72. The second kappa shape index (κ2) is 2.46. The van der Waals surface area contributed by atoms with Crippen LogP contribution in [0.4, 0.5) is 0 Å². The van der Waals surface area contributed by atoms with Gasteiger partial charge in [-0.15, -0.1) is 0 Å². The number of hydrogen-bond acceptors (Lipinski definition) is 2. The average molecular weight is 125 g/mol. The van der Waals surface area contributed by atoms with Crippen LogP contribution in [-0.2, 0) is 0 Å². The molecule has 0 aromatic carbocycles. The van der Waals surface area contributed by atoms with Crippen molar-refractivity contribution >= 4 is 0 Å². The fourth-order valence-electron chi connectivity index (χ4n) is 0.348. The summed E-state index contributed by atoms with van der Waals surface area (Å²) in [4.78, 5) is 0. The molecule has 0 radical (unpaired) electrons. The number of rotatable bonds is 0.